The van der Waals surface area contributed by atoms with Crippen LogP contribution >= 0.6 is 22.6 Å². The van der Waals surface area contributed by atoms with Gasteiger partial charge in [0.15, 0.2) is 0 Å². The number of carbonyl (C=O) groups is 1. The number of nitrogen functional groups attached to an aromatic ring is 1. The Balaban J connectivity index is 2.52. The van der Waals surface area contributed by atoms with E-state index >= 15 is 0 Å². The summed E-state index contributed by atoms with van der Waals surface area (Å²) < 4.78 is 13.8. The highest BCUT2D eigenvalue weighted by Crippen LogP contribution is 2.23. The maximum atomic E-state index is 13.3. The molecular formula is C11H15FIN3O. The van der Waals surface area contributed by atoms with E-state index in [4.69, 9.17) is 5.73 Å². The summed E-state index contributed by atoms with van der Waals surface area (Å²) in [6, 6.07) is 2.90. The number of nitrogens with one attached hydrogen (secondary N) is 2. The van der Waals surface area contributed by atoms with E-state index in [9.17, 15) is 9.18 Å². The molecule has 0 unspecified atom stereocenters. The molecule has 1 amide bonds. The fourth-order valence-corrected chi connectivity index (χ4v) is 1.80. The number of hydrogen-bond donors (Lipinski definition) is 3. The van der Waals surface area contributed by atoms with E-state index in [1.807, 2.05) is 29.5 Å². The first kappa shape index (κ1) is 14.0. The molecule has 0 spiro atoms. The Morgan fingerprint density at radius 3 is 2.88 bits per heavy atom. The van der Waals surface area contributed by atoms with Gasteiger partial charge in [-0.2, -0.15) is 0 Å². The predicted octanol–water partition coefficient (Wildman–Crippen LogP) is 1.95. The molecule has 4 nitrogen and oxygen atoms in total. The van der Waals surface area contributed by atoms with Gasteiger partial charge in [-0.1, -0.05) is 0 Å². The molecule has 0 heterocycles. The Labute approximate surface area is 113 Å². The third-order valence-corrected chi connectivity index (χ3v) is 2.96. The summed E-state index contributed by atoms with van der Waals surface area (Å²) in [7, 11) is 0. The second-order valence-electron chi connectivity index (χ2n) is 3.48. The zero-order chi connectivity index (χ0) is 12.8. The summed E-state index contributed by atoms with van der Waals surface area (Å²) in [5.41, 5.74) is 6.73. The fourth-order valence-electron chi connectivity index (χ4n) is 1.31. The van der Waals surface area contributed by atoms with E-state index in [0.29, 0.717) is 34.5 Å². The molecule has 1 aromatic carbocycles. The fraction of sp³-hybridized carbons (Fsp3) is 0.364. The van der Waals surface area contributed by atoms with Crippen LogP contribution in [0.5, 0.6) is 0 Å². The van der Waals surface area contributed by atoms with Crippen molar-refractivity contribution in [2.45, 2.75) is 13.3 Å². The molecule has 0 fully saturated rings. The predicted molar refractivity (Wildman–Crippen MR) is 75.3 cm³/mol. The van der Waals surface area contributed by atoms with Gasteiger partial charge in [0.05, 0.1) is 14.9 Å². The lowest BCUT2D eigenvalue weighted by molar-refractivity contribution is -0.120. The largest absolute Gasteiger partial charge is 0.397 e. The van der Waals surface area contributed by atoms with Crippen LogP contribution in [0.15, 0.2) is 12.1 Å². The van der Waals surface area contributed by atoms with Crippen LogP contribution in [0.3, 0.4) is 0 Å². The number of hydrogen-bond acceptors (Lipinski definition) is 3. The van der Waals surface area contributed by atoms with Gasteiger partial charge < -0.3 is 16.4 Å². The topological polar surface area (TPSA) is 67.2 Å². The summed E-state index contributed by atoms with van der Waals surface area (Å²) in [6.07, 6.45) is 0.334. The summed E-state index contributed by atoms with van der Waals surface area (Å²) in [6.45, 7) is 2.90. The minimum atomic E-state index is -0.319. The highest BCUT2D eigenvalue weighted by atomic mass is 127. The van der Waals surface area contributed by atoms with E-state index in [-0.39, 0.29) is 11.7 Å². The second-order valence-corrected chi connectivity index (χ2v) is 4.65. The van der Waals surface area contributed by atoms with Crippen molar-refractivity contribution in [3.63, 3.8) is 0 Å². The average molecular weight is 351 g/mol. The van der Waals surface area contributed by atoms with Crippen LogP contribution in [0.2, 0.25) is 0 Å². The van der Waals surface area contributed by atoms with Crippen molar-refractivity contribution in [3.8, 4) is 0 Å². The van der Waals surface area contributed by atoms with E-state index < -0.39 is 0 Å². The molecule has 0 aliphatic heterocycles. The molecule has 94 valence electrons. The second kappa shape index (κ2) is 6.63. The van der Waals surface area contributed by atoms with Crippen molar-refractivity contribution in [3.05, 3.63) is 21.5 Å². The normalized spacial score (nSPS) is 10.1. The Bertz CT molecular complexity index is 412. The van der Waals surface area contributed by atoms with Gasteiger partial charge in [0.1, 0.15) is 5.82 Å². The molecule has 0 bridgehead atoms. The minimum absolute atomic E-state index is 0.0374. The van der Waals surface area contributed by atoms with Gasteiger partial charge in [-0.25, -0.2) is 4.39 Å². The van der Waals surface area contributed by atoms with Gasteiger partial charge in [0.2, 0.25) is 5.91 Å². The zero-order valence-corrected chi connectivity index (χ0v) is 11.7. The highest BCUT2D eigenvalue weighted by molar-refractivity contribution is 14.1. The first-order valence-corrected chi connectivity index (χ1v) is 6.37. The number of anilines is 2. The van der Waals surface area contributed by atoms with Crippen molar-refractivity contribution < 1.29 is 9.18 Å². The summed E-state index contributed by atoms with van der Waals surface area (Å²) in [5, 5.41) is 5.62. The smallest absolute Gasteiger partial charge is 0.221 e. The number of rotatable bonds is 5. The first-order chi connectivity index (χ1) is 8.04. The van der Waals surface area contributed by atoms with Crippen molar-refractivity contribution in [2.24, 2.45) is 0 Å². The number of halogens is 2. The Morgan fingerprint density at radius 1 is 1.53 bits per heavy atom. The van der Waals surface area contributed by atoms with Crippen LogP contribution in [-0.4, -0.2) is 19.0 Å². The number of amides is 1. The molecule has 0 aliphatic carbocycles. The molecule has 0 aliphatic rings. The quantitative estimate of drug-likeness (QED) is 0.561. The number of benzene rings is 1. The summed E-state index contributed by atoms with van der Waals surface area (Å²) >= 11 is 1.88. The monoisotopic (exact) mass is 351 g/mol. The zero-order valence-electron chi connectivity index (χ0n) is 9.52. The van der Waals surface area contributed by atoms with Crippen molar-refractivity contribution >= 4 is 39.9 Å². The maximum absolute atomic E-state index is 13.3. The van der Waals surface area contributed by atoms with Gasteiger partial charge in [-0.3, -0.25) is 4.79 Å². The first-order valence-electron chi connectivity index (χ1n) is 5.29. The number of carbonyl (C=O) groups excluding carboxylic acids is 1. The molecule has 0 saturated carbocycles. The van der Waals surface area contributed by atoms with Gasteiger partial charge in [0, 0.05) is 25.6 Å². The lowest BCUT2D eigenvalue weighted by Crippen LogP contribution is -2.24. The van der Waals surface area contributed by atoms with Crippen molar-refractivity contribution in [1.29, 1.82) is 0 Å². The van der Waals surface area contributed by atoms with Crippen LogP contribution < -0.4 is 16.4 Å². The third kappa shape index (κ3) is 4.37. The third-order valence-electron chi connectivity index (χ3n) is 2.13. The SMILES string of the molecule is CCNC(=O)CCNc1cc(F)c(I)cc1N. The molecule has 17 heavy (non-hydrogen) atoms. The van der Waals surface area contributed by atoms with Crippen LogP contribution in [0.25, 0.3) is 0 Å². The van der Waals surface area contributed by atoms with E-state index in [1.165, 1.54) is 6.07 Å². The molecule has 1 rings (SSSR count). The molecule has 1 aromatic rings. The highest BCUT2D eigenvalue weighted by Gasteiger charge is 2.06. The van der Waals surface area contributed by atoms with Crippen LogP contribution in [-0.2, 0) is 4.79 Å². The minimum Gasteiger partial charge on any atom is -0.397 e. The Morgan fingerprint density at radius 2 is 2.24 bits per heavy atom. The molecule has 0 saturated heterocycles. The molecule has 0 radical (unpaired) electrons. The standard InChI is InChI=1S/C11H15FIN3O/c1-2-15-11(17)3-4-16-10-5-7(12)8(13)6-9(10)14/h5-6,16H,2-4,14H2,1H3,(H,15,17). The van der Waals surface area contributed by atoms with Crippen molar-refractivity contribution in [1.82, 2.24) is 5.32 Å². The van der Waals surface area contributed by atoms with Gasteiger partial charge in [-0.15, -0.1) is 0 Å². The van der Waals surface area contributed by atoms with Crippen LogP contribution in [0, 0.1) is 9.39 Å². The van der Waals surface area contributed by atoms with E-state index in [1.54, 1.807) is 6.07 Å². The molecule has 0 atom stereocenters. The molecule has 0 aromatic heterocycles. The van der Waals surface area contributed by atoms with E-state index in [0.717, 1.165) is 0 Å². The van der Waals surface area contributed by atoms with E-state index in [2.05, 4.69) is 10.6 Å². The number of nitrogens with two attached hydrogens (primary N) is 1. The van der Waals surface area contributed by atoms with Crippen molar-refractivity contribution in [2.75, 3.05) is 24.1 Å². The Kier molecular flexibility index (Phi) is 5.46. The summed E-state index contributed by atoms with van der Waals surface area (Å²) in [4.78, 5) is 11.2. The van der Waals surface area contributed by atoms with Gasteiger partial charge in [0.25, 0.3) is 0 Å². The van der Waals surface area contributed by atoms with Crippen LogP contribution in [0.4, 0.5) is 15.8 Å². The molecule has 4 N–H and O–H groups in total. The maximum Gasteiger partial charge on any atom is 0.221 e. The Hall–Kier alpha value is -1.05. The van der Waals surface area contributed by atoms with Gasteiger partial charge in [-0.05, 0) is 35.6 Å². The van der Waals surface area contributed by atoms with Gasteiger partial charge >= 0.3 is 0 Å². The molecular weight excluding hydrogens is 336 g/mol. The lowest BCUT2D eigenvalue weighted by Gasteiger charge is -2.10. The summed E-state index contributed by atoms with van der Waals surface area (Å²) in [5.74, 6) is -0.357. The lowest BCUT2D eigenvalue weighted by atomic mass is 10.2. The average Bonchev–Trinajstić information content (AvgIpc) is 2.26. The molecule has 6 heteroatoms. The van der Waals surface area contributed by atoms with Crippen LogP contribution in [0.1, 0.15) is 13.3 Å².